The molecule has 3 atom stereocenters. The highest BCUT2D eigenvalue weighted by atomic mass is 35.5. The Morgan fingerprint density at radius 1 is 1.17 bits per heavy atom. The zero-order valence-corrected chi connectivity index (χ0v) is 15.8. The molecule has 2 N–H and O–H groups in total. The summed E-state index contributed by atoms with van der Waals surface area (Å²) in [5.41, 5.74) is 0.595. The topological polar surface area (TPSA) is 50.4 Å². The van der Waals surface area contributed by atoms with Crippen LogP contribution in [0.4, 0.5) is 0 Å². The molecule has 5 heteroatoms. The molecule has 1 aliphatic heterocycles. The van der Waals surface area contributed by atoms with E-state index in [0.29, 0.717) is 23.5 Å². The van der Waals surface area contributed by atoms with E-state index in [4.69, 9.17) is 4.74 Å². The molecule has 24 heavy (non-hydrogen) atoms. The molecule has 0 bridgehead atoms. The minimum Gasteiger partial charge on any atom is -0.378 e. The summed E-state index contributed by atoms with van der Waals surface area (Å²) in [5, 5.41) is 6.88. The average molecular weight is 357 g/mol. The second-order valence-corrected chi connectivity index (χ2v) is 8.40. The van der Waals surface area contributed by atoms with Gasteiger partial charge < -0.3 is 15.4 Å². The number of carbonyl (C=O) groups is 1. The lowest BCUT2D eigenvalue weighted by Crippen LogP contribution is -2.65. The van der Waals surface area contributed by atoms with Gasteiger partial charge >= 0.3 is 0 Å². The summed E-state index contributed by atoms with van der Waals surface area (Å²) >= 11 is 0. The van der Waals surface area contributed by atoms with Gasteiger partial charge in [0.1, 0.15) is 0 Å². The van der Waals surface area contributed by atoms with Crippen molar-refractivity contribution in [2.24, 2.45) is 16.7 Å². The van der Waals surface area contributed by atoms with E-state index in [1.807, 2.05) is 0 Å². The molecule has 3 saturated carbocycles. The van der Waals surface area contributed by atoms with Gasteiger partial charge in [0.2, 0.25) is 5.91 Å². The van der Waals surface area contributed by atoms with Crippen molar-refractivity contribution in [3.63, 3.8) is 0 Å². The fourth-order valence-electron chi connectivity index (χ4n) is 5.73. The number of rotatable bonds is 4. The highest BCUT2D eigenvalue weighted by Crippen LogP contribution is 2.59. The zero-order valence-electron chi connectivity index (χ0n) is 14.9. The van der Waals surface area contributed by atoms with E-state index in [1.165, 1.54) is 44.9 Å². The summed E-state index contributed by atoms with van der Waals surface area (Å²) in [6.07, 6.45) is 11.3. The van der Waals surface area contributed by atoms with Crippen LogP contribution in [0.2, 0.25) is 0 Å². The van der Waals surface area contributed by atoms with Crippen molar-refractivity contribution >= 4 is 18.3 Å². The number of carbonyl (C=O) groups excluding carboxylic acids is 1. The fraction of sp³-hybridized carbons (Fsp3) is 0.947. The summed E-state index contributed by atoms with van der Waals surface area (Å²) < 4.78 is 6.01. The van der Waals surface area contributed by atoms with Crippen LogP contribution in [-0.4, -0.2) is 37.7 Å². The highest BCUT2D eigenvalue weighted by Gasteiger charge is 2.60. The third-order valence-electron chi connectivity index (χ3n) is 7.36. The Labute approximate surface area is 152 Å². The van der Waals surface area contributed by atoms with Gasteiger partial charge in [0, 0.05) is 24.0 Å². The first-order chi connectivity index (χ1) is 11.2. The maximum Gasteiger partial charge on any atom is 0.223 e. The normalized spacial score (nSPS) is 35.8. The van der Waals surface area contributed by atoms with Gasteiger partial charge in [-0.1, -0.05) is 19.3 Å². The van der Waals surface area contributed by atoms with Crippen LogP contribution in [0.5, 0.6) is 0 Å². The molecule has 138 valence electrons. The van der Waals surface area contributed by atoms with E-state index < -0.39 is 0 Å². The van der Waals surface area contributed by atoms with E-state index in [-0.39, 0.29) is 23.7 Å². The molecule has 3 aliphatic carbocycles. The Balaban J connectivity index is 0.00000169. The lowest BCUT2D eigenvalue weighted by Gasteiger charge is -2.57. The van der Waals surface area contributed by atoms with Crippen LogP contribution in [-0.2, 0) is 9.53 Å². The minimum absolute atomic E-state index is 0. The monoisotopic (exact) mass is 356 g/mol. The predicted octanol–water partition coefficient (Wildman–Crippen LogP) is 3.04. The van der Waals surface area contributed by atoms with Crippen molar-refractivity contribution in [2.45, 2.75) is 76.9 Å². The Kier molecular flexibility index (Phi) is 5.48. The minimum atomic E-state index is 0. The summed E-state index contributed by atoms with van der Waals surface area (Å²) in [5.74, 6) is 0.633. The van der Waals surface area contributed by atoms with E-state index in [2.05, 4.69) is 17.6 Å². The van der Waals surface area contributed by atoms with Crippen LogP contribution in [0.1, 0.15) is 64.7 Å². The molecule has 4 fully saturated rings. The van der Waals surface area contributed by atoms with Crippen LogP contribution in [0.15, 0.2) is 0 Å². The molecule has 2 spiro atoms. The molecule has 4 aliphatic rings. The van der Waals surface area contributed by atoms with Crippen molar-refractivity contribution in [3.8, 4) is 0 Å². The van der Waals surface area contributed by atoms with Gasteiger partial charge in [-0.25, -0.2) is 0 Å². The van der Waals surface area contributed by atoms with E-state index in [1.54, 1.807) is 0 Å². The van der Waals surface area contributed by atoms with Gasteiger partial charge in [0.25, 0.3) is 0 Å². The molecule has 3 unspecified atom stereocenters. The molecule has 0 radical (unpaired) electrons. The molecule has 4 nitrogen and oxygen atoms in total. The number of ether oxygens (including phenoxy) is 1. The van der Waals surface area contributed by atoms with E-state index in [0.717, 1.165) is 32.5 Å². The first kappa shape index (κ1) is 18.5. The standard InChI is InChI=1S/C19H32N2O2.ClH/c1-2-23-16-12-15(19(16)6-4-3-5-7-19)21-17(22)14-13-18(14)8-10-20-11-9-18;/h14-16,20H,2-13H2,1H3,(H,21,22);1H. The predicted molar refractivity (Wildman–Crippen MR) is 97.4 cm³/mol. The van der Waals surface area contributed by atoms with Crippen molar-refractivity contribution in [1.29, 1.82) is 0 Å². The van der Waals surface area contributed by atoms with Crippen LogP contribution in [0.3, 0.4) is 0 Å². The van der Waals surface area contributed by atoms with Crippen LogP contribution in [0.25, 0.3) is 0 Å². The van der Waals surface area contributed by atoms with Crippen molar-refractivity contribution in [1.82, 2.24) is 10.6 Å². The van der Waals surface area contributed by atoms with Crippen molar-refractivity contribution < 1.29 is 9.53 Å². The number of hydrogen-bond donors (Lipinski definition) is 2. The van der Waals surface area contributed by atoms with Crippen LogP contribution in [0, 0.1) is 16.7 Å². The summed E-state index contributed by atoms with van der Waals surface area (Å²) in [6.45, 7) is 5.06. The SMILES string of the molecule is CCOC1CC(NC(=O)C2CC23CCNCC3)C12CCCCC2.Cl. The molecule has 0 aromatic carbocycles. The first-order valence-corrected chi connectivity index (χ1v) is 9.83. The van der Waals surface area contributed by atoms with Crippen molar-refractivity contribution in [2.75, 3.05) is 19.7 Å². The van der Waals surface area contributed by atoms with Gasteiger partial charge in [0.05, 0.1) is 6.10 Å². The Bertz CT molecular complexity index is 458. The lowest BCUT2D eigenvalue weighted by molar-refractivity contribution is -0.157. The molecule has 1 heterocycles. The zero-order chi connectivity index (χ0) is 15.9. The Morgan fingerprint density at radius 3 is 2.54 bits per heavy atom. The Hall–Kier alpha value is -0.320. The van der Waals surface area contributed by atoms with Crippen LogP contribution < -0.4 is 10.6 Å². The third kappa shape index (κ3) is 2.99. The van der Waals surface area contributed by atoms with Gasteiger partial charge in [-0.05, 0) is 64.0 Å². The smallest absolute Gasteiger partial charge is 0.223 e. The van der Waals surface area contributed by atoms with Gasteiger partial charge in [-0.3, -0.25) is 4.79 Å². The van der Waals surface area contributed by atoms with E-state index in [9.17, 15) is 4.79 Å². The highest BCUT2D eigenvalue weighted by molar-refractivity contribution is 5.85. The number of hydrogen-bond acceptors (Lipinski definition) is 3. The maximum atomic E-state index is 12.8. The van der Waals surface area contributed by atoms with Crippen LogP contribution >= 0.6 is 12.4 Å². The number of nitrogens with one attached hydrogen (secondary N) is 2. The molecular weight excluding hydrogens is 324 g/mol. The van der Waals surface area contributed by atoms with E-state index >= 15 is 0 Å². The molecule has 4 rings (SSSR count). The lowest BCUT2D eigenvalue weighted by atomic mass is 9.55. The van der Waals surface area contributed by atoms with Gasteiger partial charge in [-0.15, -0.1) is 12.4 Å². The second kappa shape index (κ2) is 7.13. The largest absolute Gasteiger partial charge is 0.378 e. The summed E-state index contributed by atoms with van der Waals surface area (Å²) in [7, 11) is 0. The van der Waals surface area contributed by atoms with Gasteiger partial charge in [0.15, 0.2) is 0 Å². The third-order valence-corrected chi connectivity index (χ3v) is 7.36. The van der Waals surface area contributed by atoms with Gasteiger partial charge in [-0.2, -0.15) is 0 Å². The second-order valence-electron chi connectivity index (χ2n) is 8.40. The average Bonchev–Trinajstić information content (AvgIpc) is 3.28. The van der Waals surface area contributed by atoms with Crippen molar-refractivity contribution in [3.05, 3.63) is 0 Å². The Morgan fingerprint density at radius 2 is 1.88 bits per heavy atom. The maximum absolute atomic E-state index is 12.8. The number of halogens is 1. The summed E-state index contributed by atoms with van der Waals surface area (Å²) in [6, 6.07) is 0.367. The molecule has 1 saturated heterocycles. The first-order valence-electron chi connectivity index (χ1n) is 9.83. The molecule has 0 aromatic heterocycles. The number of piperidine rings is 1. The molecule has 1 amide bonds. The summed E-state index contributed by atoms with van der Waals surface area (Å²) in [4.78, 5) is 12.8. The quantitative estimate of drug-likeness (QED) is 0.814. The molecular formula is C19H33ClN2O2. The number of amides is 1. The molecule has 0 aromatic rings. The fourth-order valence-corrected chi connectivity index (χ4v) is 5.73.